The molecule has 2 heteroatoms. The summed E-state index contributed by atoms with van der Waals surface area (Å²) in [5, 5.41) is 3.48. The maximum Gasteiger partial charge on any atom is 0.0399 e. The van der Waals surface area contributed by atoms with E-state index < -0.39 is 0 Å². The van der Waals surface area contributed by atoms with Crippen molar-refractivity contribution in [2.24, 2.45) is 0 Å². The molecule has 0 spiro atoms. The summed E-state index contributed by atoms with van der Waals surface area (Å²) < 4.78 is 0. The SMILES string of the molecule is CCCCNc1c(C)cccc1C.Cl. The van der Waals surface area contributed by atoms with E-state index in [4.69, 9.17) is 0 Å². The monoisotopic (exact) mass is 213 g/mol. The summed E-state index contributed by atoms with van der Waals surface area (Å²) in [4.78, 5) is 0. The minimum Gasteiger partial charge on any atom is -0.385 e. The highest BCUT2D eigenvalue weighted by Crippen LogP contribution is 2.19. The Hall–Kier alpha value is -0.690. The van der Waals surface area contributed by atoms with Crippen LogP contribution in [0.1, 0.15) is 30.9 Å². The van der Waals surface area contributed by atoms with Crippen molar-refractivity contribution in [1.29, 1.82) is 0 Å². The van der Waals surface area contributed by atoms with Gasteiger partial charge in [-0.1, -0.05) is 31.5 Å². The molecule has 0 heterocycles. The second-order valence-electron chi connectivity index (χ2n) is 3.55. The predicted molar refractivity (Wildman–Crippen MR) is 66.6 cm³/mol. The molecule has 14 heavy (non-hydrogen) atoms. The van der Waals surface area contributed by atoms with E-state index in [2.05, 4.69) is 44.3 Å². The van der Waals surface area contributed by atoms with Gasteiger partial charge in [-0.15, -0.1) is 12.4 Å². The van der Waals surface area contributed by atoms with Crippen LogP contribution in [0.5, 0.6) is 0 Å². The molecule has 0 aliphatic rings. The van der Waals surface area contributed by atoms with Gasteiger partial charge in [0.05, 0.1) is 0 Å². The Balaban J connectivity index is 0.00000169. The van der Waals surface area contributed by atoms with Crippen molar-refractivity contribution in [1.82, 2.24) is 0 Å². The van der Waals surface area contributed by atoms with E-state index in [1.54, 1.807) is 0 Å². The van der Waals surface area contributed by atoms with Crippen LogP contribution in [-0.4, -0.2) is 6.54 Å². The quantitative estimate of drug-likeness (QED) is 0.748. The Labute approximate surface area is 93.3 Å². The molecule has 1 rings (SSSR count). The van der Waals surface area contributed by atoms with Gasteiger partial charge < -0.3 is 5.32 Å². The molecule has 1 aromatic rings. The molecule has 0 unspecified atom stereocenters. The van der Waals surface area contributed by atoms with Crippen molar-refractivity contribution in [2.45, 2.75) is 33.6 Å². The summed E-state index contributed by atoms with van der Waals surface area (Å²) in [6.07, 6.45) is 2.49. The zero-order valence-electron chi connectivity index (χ0n) is 9.26. The largest absolute Gasteiger partial charge is 0.385 e. The first-order valence-electron chi connectivity index (χ1n) is 5.05. The van der Waals surface area contributed by atoms with Crippen LogP contribution in [0, 0.1) is 13.8 Å². The van der Waals surface area contributed by atoms with Gasteiger partial charge in [-0.25, -0.2) is 0 Å². The smallest absolute Gasteiger partial charge is 0.0399 e. The average Bonchev–Trinajstić information content (AvgIpc) is 2.10. The number of anilines is 1. The molecule has 80 valence electrons. The molecule has 0 aliphatic carbocycles. The van der Waals surface area contributed by atoms with E-state index >= 15 is 0 Å². The number of unbranched alkanes of at least 4 members (excludes halogenated alkanes) is 1. The Morgan fingerprint density at radius 1 is 1.14 bits per heavy atom. The Morgan fingerprint density at radius 2 is 1.71 bits per heavy atom. The second kappa shape index (κ2) is 6.72. The van der Waals surface area contributed by atoms with Crippen molar-refractivity contribution in [3.63, 3.8) is 0 Å². The van der Waals surface area contributed by atoms with Gasteiger partial charge in [0, 0.05) is 12.2 Å². The third kappa shape index (κ3) is 3.59. The third-order valence-corrected chi connectivity index (χ3v) is 2.31. The minimum absolute atomic E-state index is 0. The van der Waals surface area contributed by atoms with Gasteiger partial charge in [-0.2, -0.15) is 0 Å². The van der Waals surface area contributed by atoms with E-state index in [0.29, 0.717) is 0 Å². The van der Waals surface area contributed by atoms with Crippen molar-refractivity contribution in [3.05, 3.63) is 29.3 Å². The second-order valence-corrected chi connectivity index (χ2v) is 3.55. The number of halogens is 1. The van der Waals surface area contributed by atoms with Gasteiger partial charge in [0.1, 0.15) is 0 Å². The van der Waals surface area contributed by atoms with Gasteiger partial charge >= 0.3 is 0 Å². The van der Waals surface area contributed by atoms with Crippen LogP contribution >= 0.6 is 12.4 Å². The van der Waals surface area contributed by atoms with Gasteiger partial charge in [0.25, 0.3) is 0 Å². The van der Waals surface area contributed by atoms with Crippen LogP contribution < -0.4 is 5.32 Å². The topological polar surface area (TPSA) is 12.0 Å². The standard InChI is InChI=1S/C12H19N.ClH/c1-4-5-9-13-12-10(2)7-6-8-11(12)3;/h6-8,13H,4-5,9H2,1-3H3;1H. The van der Waals surface area contributed by atoms with Gasteiger partial charge in [-0.05, 0) is 31.4 Å². The van der Waals surface area contributed by atoms with E-state index in [-0.39, 0.29) is 12.4 Å². The lowest BCUT2D eigenvalue weighted by Crippen LogP contribution is -2.03. The van der Waals surface area contributed by atoms with Crippen LogP contribution in [0.3, 0.4) is 0 Å². The number of benzene rings is 1. The maximum atomic E-state index is 3.48. The molecule has 0 atom stereocenters. The molecule has 0 fully saturated rings. The summed E-state index contributed by atoms with van der Waals surface area (Å²) in [6, 6.07) is 6.41. The summed E-state index contributed by atoms with van der Waals surface area (Å²) >= 11 is 0. The van der Waals surface area contributed by atoms with Crippen molar-refractivity contribution in [2.75, 3.05) is 11.9 Å². The van der Waals surface area contributed by atoms with Crippen molar-refractivity contribution < 1.29 is 0 Å². The summed E-state index contributed by atoms with van der Waals surface area (Å²) in [5.74, 6) is 0. The summed E-state index contributed by atoms with van der Waals surface area (Å²) in [5.41, 5.74) is 4.00. The molecular weight excluding hydrogens is 194 g/mol. The lowest BCUT2D eigenvalue weighted by molar-refractivity contribution is 0.833. The molecule has 1 aromatic carbocycles. The first kappa shape index (κ1) is 13.3. The Kier molecular flexibility index (Phi) is 6.39. The summed E-state index contributed by atoms with van der Waals surface area (Å²) in [6.45, 7) is 7.61. The molecule has 1 nitrogen and oxygen atoms in total. The number of hydrogen-bond donors (Lipinski definition) is 1. The molecule has 0 bridgehead atoms. The number of nitrogens with one attached hydrogen (secondary N) is 1. The predicted octanol–water partition coefficient (Wildman–Crippen LogP) is 3.94. The number of para-hydroxylation sites is 1. The lowest BCUT2D eigenvalue weighted by atomic mass is 10.1. The highest BCUT2D eigenvalue weighted by atomic mass is 35.5. The highest BCUT2D eigenvalue weighted by Gasteiger charge is 1.99. The fourth-order valence-corrected chi connectivity index (χ4v) is 1.48. The van der Waals surface area contributed by atoms with Gasteiger partial charge in [-0.3, -0.25) is 0 Å². The minimum atomic E-state index is 0. The fourth-order valence-electron chi connectivity index (χ4n) is 1.48. The first-order valence-corrected chi connectivity index (χ1v) is 5.05. The molecule has 0 saturated heterocycles. The Morgan fingerprint density at radius 3 is 2.21 bits per heavy atom. The third-order valence-electron chi connectivity index (χ3n) is 2.31. The van der Waals surface area contributed by atoms with Crippen LogP contribution in [0.25, 0.3) is 0 Å². The molecular formula is C12H20ClN. The highest BCUT2D eigenvalue weighted by molar-refractivity contribution is 5.85. The zero-order chi connectivity index (χ0) is 9.68. The van der Waals surface area contributed by atoms with E-state index in [0.717, 1.165) is 6.54 Å². The number of rotatable bonds is 4. The van der Waals surface area contributed by atoms with Crippen LogP contribution in [-0.2, 0) is 0 Å². The van der Waals surface area contributed by atoms with E-state index in [1.807, 2.05) is 0 Å². The molecule has 1 N–H and O–H groups in total. The molecule has 0 aromatic heterocycles. The van der Waals surface area contributed by atoms with Crippen molar-refractivity contribution >= 4 is 18.1 Å². The normalized spacial score (nSPS) is 9.36. The van der Waals surface area contributed by atoms with Crippen molar-refractivity contribution in [3.8, 4) is 0 Å². The first-order chi connectivity index (χ1) is 6.25. The average molecular weight is 214 g/mol. The maximum absolute atomic E-state index is 3.48. The van der Waals surface area contributed by atoms with E-state index in [1.165, 1.54) is 29.7 Å². The van der Waals surface area contributed by atoms with Gasteiger partial charge in [0.2, 0.25) is 0 Å². The molecule has 0 radical (unpaired) electrons. The summed E-state index contributed by atoms with van der Waals surface area (Å²) in [7, 11) is 0. The van der Waals surface area contributed by atoms with Crippen LogP contribution in [0.2, 0.25) is 0 Å². The number of aryl methyl sites for hydroxylation is 2. The Bertz CT molecular complexity index is 251. The fraction of sp³-hybridized carbons (Fsp3) is 0.500. The zero-order valence-corrected chi connectivity index (χ0v) is 10.1. The molecule has 0 amide bonds. The van der Waals surface area contributed by atoms with Crippen LogP contribution in [0.4, 0.5) is 5.69 Å². The van der Waals surface area contributed by atoms with Gasteiger partial charge in [0.15, 0.2) is 0 Å². The van der Waals surface area contributed by atoms with E-state index in [9.17, 15) is 0 Å². The molecule has 0 aliphatic heterocycles. The number of hydrogen-bond acceptors (Lipinski definition) is 1. The van der Waals surface area contributed by atoms with Crippen LogP contribution in [0.15, 0.2) is 18.2 Å². The molecule has 0 saturated carbocycles. The lowest BCUT2D eigenvalue weighted by Gasteiger charge is -2.11.